The van der Waals surface area contributed by atoms with Crippen molar-refractivity contribution in [2.24, 2.45) is 0 Å². The molecule has 8 nitrogen and oxygen atoms in total. The standard InChI is InChI=1S/C31H21ClN6O2/c1-19(37-30-26-24(39)14-16-34-29(26)35-18-36-30)28-27(32)23-11-5-8-21(13-12-20-7-6-15-33-17-20)25(23)31(40)38(28)22-9-3-2-4-10-22/h2-11,14-19H,1H3,(H2,34,35,36,37,39)/t19-/m0/s1. The third-order valence-corrected chi connectivity index (χ3v) is 6.91. The summed E-state index contributed by atoms with van der Waals surface area (Å²) in [4.78, 5) is 42.5. The van der Waals surface area contributed by atoms with Gasteiger partial charge in [0.15, 0.2) is 5.43 Å². The molecule has 0 saturated heterocycles. The number of hydrogen-bond donors (Lipinski definition) is 2. The molecule has 0 amide bonds. The summed E-state index contributed by atoms with van der Waals surface area (Å²) >= 11 is 7.11. The number of aromatic amines is 1. The van der Waals surface area contributed by atoms with Gasteiger partial charge in [-0.05, 0) is 37.3 Å². The van der Waals surface area contributed by atoms with Gasteiger partial charge < -0.3 is 10.3 Å². The van der Waals surface area contributed by atoms with Crippen molar-refractivity contribution in [3.8, 4) is 17.5 Å². The summed E-state index contributed by atoms with van der Waals surface area (Å²) < 4.78 is 1.59. The van der Waals surface area contributed by atoms with Crippen LogP contribution in [0.5, 0.6) is 0 Å². The van der Waals surface area contributed by atoms with E-state index in [1.807, 2.05) is 61.5 Å². The zero-order chi connectivity index (χ0) is 27.6. The molecule has 0 spiro atoms. The van der Waals surface area contributed by atoms with Crippen LogP contribution >= 0.6 is 11.6 Å². The van der Waals surface area contributed by atoms with Crippen molar-refractivity contribution in [2.45, 2.75) is 13.0 Å². The summed E-state index contributed by atoms with van der Waals surface area (Å²) in [5.41, 5.74) is 2.34. The minimum absolute atomic E-state index is 0.231. The van der Waals surface area contributed by atoms with Crippen molar-refractivity contribution in [2.75, 3.05) is 5.32 Å². The average molecular weight is 545 g/mol. The highest BCUT2D eigenvalue weighted by molar-refractivity contribution is 6.36. The summed E-state index contributed by atoms with van der Waals surface area (Å²) in [6.07, 6.45) is 6.25. The maximum Gasteiger partial charge on any atom is 0.264 e. The Bertz CT molecular complexity index is 2060. The largest absolute Gasteiger partial charge is 0.361 e. The Morgan fingerprint density at radius 2 is 1.80 bits per heavy atom. The fraction of sp³-hybridized carbons (Fsp3) is 0.0645. The van der Waals surface area contributed by atoms with Crippen LogP contribution < -0.4 is 16.3 Å². The lowest BCUT2D eigenvalue weighted by atomic mass is 10.0. The number of H-pyrrole nitrogens is 1. The predicted octanol–water partition coefficient (Wildman–Crippen LogP) is 5.24. The topological polar surface area (TPSA) is 106 Å². The van der Waals surface area contributed by atoms with Crippen LogP contribution in [-0.2, 0) is 0 Å². The summed E-state index contributed by atoms with van der Waals surface area (Å²) in [7, 11) is 0. The summed E-state index contributed by atoms with van der Waals surface area (Å²) in [6.45, 7) is 1.86. The van der Waals surface area contributed by atoms with Crippen molar-refractivity contribution in [3.63, 3.8) is 0 Å². The highest BCUT2D eigenvalue weighted by Crippen LogP contribution is 2.34. The lowest BCUT2D eigenvalue weighted by Gasteiger charge is -2.23. The minimum atomic E-state index is -0.535. The summed E-state index contributed by atoms with van der Waals surface area (Å²) in [5.74, 6) is 6.55. The van der Waals surface area contributed by atoms with Crippen LogP contribution in [0.25, 0.3) is 27.5 Å². The fourth-order valence-electron chi connectivity index (χ4n) is 4.71. The quantitative estimate of drug-likeness (QED) is 0.294. The number of hydrogen-bond acceptors (Lipinski definition) is 6. The van der Waals surface area contributed by atoms with E-state index in [2.05, 4.69) is 37.1 Å². The van der Waals surface area contributed by atoms with Crippen LogP contribution in [0, 0.1) is 11.8 Å². The van der Waals surface area contributed by atoms with Gasteiger partial charge in [-0.25, -0.2) is 9.97 Å². The van der Waals surface area contributed by atoms with Crippen molar-refractivity contribution in [1.29, 1.82) is 0 Å². The van der Waals surface area contributed by atoms with Gasteiger partial charge in [0.25, 0.3) is 5.56 Å². The molecule has 0 bridgehead atoms. The van der Waals surface area contributed by atoms with E-state index in [1.54, 1.807) is 23.0 Å². The fourth-order valence-corrected chi connectivity index (χ4v) is 5.12. The van der Waals surface area contributed by atoms with E-state index in [4.69, 9.17) is 11.6 Å². The van der Waals surface area contributed by atoms with E-state index in [0.29, 0.717) is 49.6 Å². The minimum Gasteiger partial charge on any atom is -0.361 e. The number of aromatic nitrogens is 5. The van der Waals surface area contributed by atoms with E-state index in [9.17, 15) is 9.59 Å². The number of halogens is 1. The van der Waals surface area contributed by atoms with E-state index in [-0.39, 0.29) is 11.0 Å². The number of nitrogens with zero attached hydrogens (tertiary/aromatic N) is 4. The molecule has 194 valence electrons. The molecule has 4 aromatic heterocycles. The van der Waals surface area contributed by atoms with Gasteiger partial charge in [0.2, 0.25) is 0 Å². The highest BCUT2D eigenvalue weighted by atomic mass is 35.5. The first kappa shape index (κ1) is 25.0. The van der Waals surface area contributed by atoms with Crippen molar-refractivity contribution in [3.05, 3.63) is 134 Å². The van der Waals surface area contributed by atoms with Gasteiger partial charge in [0, 0.05) is 46.9 Å². The number of benzene rings is 2. The number of anilines is 1. The number of rotatable bonds is 4. The van der Waals surface area contributed by atoms with E-state index in [1.165, 1.54) is 18.6 Å². The van der Waals surface area contributed by atoms with Crippen LogP contribution in [0.4, 0.5) is 5.82 Å². The molecule has 4 heterocycles. The Morgan fingerprint density at radius 3 is 2.60 bits per heavy atom. The zero-order valence-corrected chi connectivity index (χ0v) is 22.0. The maximum absolute atomic E-state index is 14.3. The first-order chi connectivity index (χ1) is 19.5. The lowest BCUT2D eigenvalue weighted by Crippen LogP contribution is -2.27. The molecular formula is C31H21ClN6O2. The number of nitrogens with one attached hydrogen (secondary N) is 2. The Labute approximate surface area is 233 Å². The Hall–Kier alpha value is -5.26. The molecule has 2 aromatic carbocycles. The van der Waals surface area contributed by atoms with Gasteiger partial charge in [-0.2, -0.15) is 0 Å². The van der Waals surface area contributed by atoms with Crippen LogP contribution in [0.3, 0.4) is 0 Å². The lowest BCUT2D eigenvalue weighted by molar-refractivity contribution is 0.774. The van der Waals surface area contributed by atoms with E-state index >= 15 is 0 Å². The molecule has 0 unspecified atom stereocenters. The molecule has 0 aliphatic heterocycles. The van der Waals surface area contributed by atoms with Crippen LogP contribution in [0.2, 0.25) is 5.02 Å². The second kappa shape index (κ2) is 10.5. The van der Waals surface area contributed by atoms with Crippen molar-refractivity contribution in [1.82, 2.24) is 24.5 Å². The average Bonchev–Trinajstić information content (AvgIpc) is 2.98. The van der Waals surface area contributed by atoms with E-state index in [0.717, 1.165) is 5.56 Å². The third-order valence-electron chi connectivity index (χ3n) is 6.51. The third kappa shape index (κ3) is 4.49. The molecular weight excluding hydrogens is 524 g/mol. The molecule has 0 saturated carbocycles. The van der Waals surface area contributed by atoms with Crippen molar-refractivity contribution >= 4 is 39.2 Å². The molecule has 0 aliphatic carbocycles. The van der Waals surface area contributed by atoms with Gasteiger partial charge in [-0.1, -0.05) is 53.8 Å². The second-order valence-corrected chi connectivity index (χ2v) is 9.43. The Kier molecular flexibility index (Phi) is 6.56. The van der Waals surface area contributed by atoms with E-state index < -0.39 is 6.04 Å². The molecule has 6 aromatic rings. The molecule has 40 heavy (non-hydrogen) atoms. The number of fused-ring (bicyclic) bond motifs is 2. The molecule has 0 aliphatic rings. The van der Waals surface area contributed by atoms with Gasteiger partial charge in [-0.15, -0.1) is 0 Å². The number of para-hydroxylation sites is 1. The highest BCUT2D eigenvalue weighted by Gasteiger charge is 2.23. The summed E-state index contributed by atoms with van der Waals surface area (Å²) in [6, 6.07) is 19.3. The second-order valence-electron chi connectivity index (χ2n) is 9.05. The van der Waals surface area contributed by atoms with Gasteiger partial charge in [-0.3, -0.25) is 19.1 Å². The van der Waals surface area contributed by atoms with Crippen LogP contribution in [0.15, 0.2) is 101 Å². The first-order valence-corrected chi connectivity index (χ1v) is 12.8. The molecule has 9 heteroatoms. The molecule has 0 radical (unpaired) electrons. The smallest absolute Gasteiger partial charge is 0.264 e. The Balaban J connectivity index is 1.58. The molecule has 0 fully saturated rings. The van der Waals surface area contributed by atoms with Crippen LogP contribution in [0.1, 0.15) is 29.8 Å². The van der Waals surface area contributed by atoms with Crippen LogP contribution in [-0.4, -0.2) is 24.5 Å². The first-order valence-electron chi connectivity index (χ1n) is 12.5. The molecule has 1 atom stereocenters. The van der Waals surface area contributed by atoms with Gasteiger partial charge in [0.1, 0.15) is 23.2 Å². The molecule has 6 rings (SSSR count). The monoisotopic (exact) mass is 544 g/mol. The summed E-state index contributed by atoms with van der Waals surface area (Å²) in [5, 5.41) is 4.98. The molecule has 2 N–H and O–H groups in total. The zero-order valence-electron chi connectivity index (χ0n) is 21.2. The maximum atomic E-state index is 14.3. The SMILES string of the molecule is C[C@H](Nc1ncnc2[nH]ccc(=O)c12)c1c(Cl)c2cccc(C#Cc3cccnc3)c2c(=O)n1-c1ccccc1. The van der Waals surface area contributed by atoms with Crippen molar-refractivity contribution < 1.29 is 0 Å². The predicted molar refractivity (Wildman–Crippen MR) is 157 cm³/mol. The van der Waals surface area contributed by atoms with Gasteiger partial charge >= 0.3 is 0 Å². The number of pyridine rings is 3. The Morgan fingerprint density at radius 1 is 0.950 bits per heavy atom. The van der Waals surface area contributed by atoms with Gasteiger partial charge in [0.05, 0.1) is 22.1 Å². The normalized spacial score (nSPS) is 11.7.